The van der Waals surface area contributed by atoms with E-state index in [9.17, 15) is 14.7 Å². The van der Waals surface area contributed by atoms with Crippen molar-refractivity contribution in [2.45, 2.75) is 63.6 Å². The molecule has 0 amide bonds. The van der Waals surface area contributed by atoms with Crippen molar-refractivity contribution in [1.82, 2.24) is 10.6 Å². The highest BCUT2D eigenvalue weighted by atomic mass is 16.5. The molecule has 6 nitrogen and oxygen atoms in total. The summed E-state index contributed by atoms with van der Waals surface area (Å²) in [5.74, 6) is -0.917. The number of rotatable bonds is 8. The minimum atomic E-state index is -0.833. The first kappa shape index (κ1) is 16.2. The Balaban J connectivity index is 1.73. The normalized spacial score (nSPS) is 29.8. The van der Waals surface area contributed by atoms with Crippen LogP contribution in [0.5, 0.6) is 0 Å². The Kier molecular flexibility index (Phi) is 4.58. The first-order valence-electron chi connectivity index (χ1n) is 7.76. The summed E-state index contributed by atoms with van der Waals surface area (Å²) in [6.45, 7) is 6.53. The van der Waals surface area contributed by atoms with Crippen LogP contribution in [-0.4, -0.2) is 47.3 Å². The molecular formula is C15H26N2O4. The lowest BCUT2D eigenvalue weighted by Gasteiger charge is -2.45. The average molecular weight is 298 g/mol. The largest absolute Gasteiger partial charge is 0.480 e. The smallest absolute Gasteiger partial charge is 0.326 e. The van der Waals surface area contributed by atoms with Gasteiger partial charge in [0.25, 0.3) is 0 Å². The molecule has 0 spiro atoms. The van der Waals surface area contributed by atoms with E-state index in [0.29, 0.717) is 13.0 Å². The summed E-state index contributed by atoms with van der Waals surface area (Å²) in [4.78, 5) is 23.4. The number of hydrogen-bond acceptors (Lipinski definition) is 5. The molecule has 2 atom stereocenters. The molecule has 21 heavy (non-hydrogen) atoms. The van der Waals surface area contributed by atoms with Crippen LogP contribution in [0.3, 0.4) is 0 Å². The van der Waals surface area contributed by atoms with E-state index in [1.54, 1.807) is 0 Å². The van der Waals surface area contributed by atoms with Crippen LogP contribution in [0.15, 0.2) is 0 Å². The molecule has 0 aromatic carbocycles. The second-order valence-corrected chi connectivity index (χ2v) is 6.66. The van der Waals surface area contributed by atoms with Crippen molar-refractivity contribution in [2.75, 3.05) is 13.2 Å². The summed E-state index contributed by atoms with van der Waals surface area (Å²) in [5.41, 5.74) is -1.33. The average Bonchev–Trinajstić information content (AvgIpc) is 3.16. The third-order valence-electron chi connectivity index (χ3n) is 4.68. The molecule has 0 heterocycles. The SMILES string of the molecule is CC(C)NC1(C(=O)OCCNC2(C(=O)O)CCC2C)CC1. The fraction of sp³-hybridized carbons (Fsp3) is 0.867. The van der Waals surface area contributed by atoms with Crippen LogP contribution < -0.4 is 10.6 Å². The quantitative estimate of drug-likeness (QED) is 0.456. The van der Waals surface area contributed by atoms with Gasteiger partial charge in [-0.05, 0) is 45.4 Å². The molecule has 6 heteroatoms. The van der Waals surface area contributed by atoms with E-state index in [0.717, 1.165) is 19.3 Å². The van der Waals surface area contributed by atoms with Crippen LogP contribution in [0.25, 0.3) is 0 Å². The Hall–Kier alpha value is -1.14. The van der Waals surface area contributed by atoms with E-state index in [2.05, 4.69) is 10.6 Å². The molecule has 0 saturated heterocycles. The molecule has 2 saturated carbocycles. The van der Waals surface area contributed by atoms with E-state index < -0.39 is 17.0 Å². The minimum absolute atomic E-state index is 0.114. The Morgan fingerprint density at radius 1 is 1.33 bits per heavy atom. The molecule has 2 aliphatic carbocycles. The third-order valence-corrected chi connectivity index (χ3v) is 4.68. The fourth-order valence-electron chi connectivity index (χ4n) is 3.02. The van der Waals surface area contributed by atoms with E-state index in [-0.39, 0.29) is 24.5 Å². The predicted molar refractivity (Wildman–Crippen MR) is 78.0 cm³/mol. The molecule has 0 bridgehead atoms. The van der Waals surface area contributed by atoms with Gasteiger partial charge < -0.3 is 9.84 Å². The van der Waals surface area contributed by atoms with Crippen LogP contribution in [0.1, 0.15) is 46.5 Å². The van der Waals surface area contributed by atoms with Crippen LogP contribution in [-0.2, 0) is 14.3 Å². The van der Waals surface area contributed by atoms with Crippen molar-refractivity contribution in [1.29, 1.82) is 0 Å². The first-order valence-corrected chi connectivity index (χ1v) is 7.76. The van der Waals surface area contributed by atoms with Crippen molar-refractivity contribution in [2.24, 2.45) is 5.92 Å². The number of nitrogens with one attached hydrogen (secondary N) is 2. The van der Waals surface area contributed by atoms with Crippen molar-refractivity contribution < 1.29 is 19.4 Å². The van der Waals surface area contributed by atoms with Crippen molar-refractivity contribution in [3.63, 3.8) is 0 Å². The van der Waals surface area contributed by atoms with Gasteiger partial charge in [0, 0.05) is 12.6 Å². The van der Waals surface area contributed by atoms with E-state index >= 15 is 0 Å². The van der Waals surface area contributed by atoms with Gasteiger partial charge >= 0.3 is 11.9 Å². The lowest BCUT2D eigenvalue weighted by molar-refractivity contribution is -0.153. The van der Waals surface area contributed by atoms with Crippen molar-refractivity contribution in [3.05, 3.63) is 0 Å². The number of aliphatic carboxylic acids is 1. The molecule has 120 valence electrons. The second-order valence-electron chi connectivity index (χ2n) is 6.66. The summed E-state index contributed by atoms with van der Waals surface area (Å²) in [7, 11) is 0. The molecule has 2 rings (SSSR count). The Morgan fingerprint density at radius 3 is 2.38 bits per heavy atom. The van der Waals surface area contributed by atoms with Crippen LogP contribution >= 0.6 is 0 Å². The van der Waals surface area contributed by atoms with E-state index in [1.165, 1.54) is 0 Å². The number of carboxylic acids is 1. The third kappa shape index (κ3) is 3.21. The van der Waals surface area contributed by atoms with Crippen molar-refractivity contribution in [3.8, 4) is 0 Å². The van der Waals surface area contributed by atoms with Gasteiger partial charge in [0.05, 0.1) is 0 Å². The van der Waals surface area contributed by atoms with Gasteiger partial charge in [-0.3, -0.25) is 20.2 Å². The molecule has 2 aliphatic rings. The molecule has 0 aliphatic heterocycles. The standard InChI is InChI=1S/C15H26N2O4/c1-10(2)17-14(6-7-14)13(20)21-9-8-16-15(12(18)19)5-4-11(15)3/h10-11,16-17H,4-9H2,1-3H3,(H,18,19). The highest BCUT2D eigenvalue weighted by Gasteiger charge is 2.52. The van der Waals surface area contributed by atoms with Gasteiger partial charge in [-0.15, -0.1) is 0 Å². The van der Waals surface area contributed by atoms with Crippen LogP contribution in [0.2, 0.25) is 0 Å². The maximum Gasteiger partial charge on any atom is 0.326 e. The lowest BCUT2D eigenvalue weighted by atomic mass is 9.67. The van der Waals surface area contributed by atoms with Crippen LogP contribution in [0, 0.1) is 5.92 Å². The Bertz CT molecular complexity index is 420. The number of carbonyl (C=O) groups is 2. The van der Waals surface area contributed by atoms with E-state index in [4.69, 9.17) is 4.74 Å². The lowest BCUT2D eigenvalue weighted by Crippen LogP contribution is -2.63. The highest BCUT2D eigenvalue weighted by molar-refractivity contribution is 5.84. The number of carbonyl (C=O) groups excluding carboxylic acids is 1. The monoisotopic (exact) mass is 298 g/mol. The minimum Gasteiger partial charge on any atom is -0.480 e. The number of esters is 1. The highest BCUT2D eigenvalue weighted by Crippen LogP contribution is 2.39. The van der Waals surface area contributed by atoms with Gasteiger partial charge in [0.2, 0.25) is 0 Å². The zero-order chi connectivity index (χ0) is 15.7. The molecule has 2 unspecified atom stereocenters. The topological polar surface area (TPSA) is 87.7 Å². The summed E-state index contributed by atoms with van der Waals surface area (Å²) >= 11 is 0. The van der Waals surface area contributed by atoms with Gasteiger partial charge in [0.15, 0.2) is 0 Å². The van der Waals surface area contributed by atoms with Gasteiger partial charge in [0.1, 0.15) is 17.7 Å². The molecule has 3 N–H and O–H groups in total. The first-order chi connectivity index (χ1) is 9.82. The van der Waals surface area contributed by atoms with Crippen molar-refractivity contribution >= 4 is 11.9 Å². The summed E-state index contributed by atoms with van der Waals surface area (Å²) in [6, 6.07) is 0.240. The second kappa shape index (κ2) is 5.93. The maximum atomic E-state index is 12.0. The number of hydrogen-bond donors (Lipinski definition) is 3. The molecule has 2 fully saturated rings. The molecular weight excluding hydrogens is 272 g/mol. The maximum absolute atomic E-state index is 12.0. The summed E-state index contributed by atoms with van der Waals surface area (Å²) < 4.78 is 5.29. The predicted octanol–water partition coefficient (Wildman–Crippen LogP) is 0.903. The Morgan fingerprint density at radius 2 is 2.00 bits per heavy atom. The zero-order valence-electron chi connectivity index (χ0n) is 13.1. The number of carboxylic acid groups (broad SMARTS) is 1. The number of ether oxygens (including phenoxy) is 1. The molecule has 0 aromatic rings. The summed E-state index contributed by atoms with van der Waals surface area (Å²) in [6.07, 6.45) is 3.18. The molecule has 0 aromatic heterocycles. The Labute approximate surface area is 125 Å². The van der Waals surface area contributed by atoms with Gasteiger partial charge in [-0.25, -0.2) is 0 Å². The zero-order valence-corrected chi connectivity index (χ0v) is 13.1. The summed E-state index contributed by atoms with van der Waals surface area (Å²) in [5, 5.41) is 15.6. The van der Waals surface area contributed by atoms with Gasteiger partial charge in [-0.2, -0.15) is 0 Å². The fourth-order valence-corrected chi connectivity index (χ4v) is 3.02. The van der Waals surface area contributed by atoms with Crippen LogP contribution in [0.4, 0.5) is 0 Å². The van der Waals surface area contributed by atoms with Gasteiger partial charge in [-0.1, -0.05) is 6.92 Å². The molecule has 0 radical (unpaired) electrons. The van der Waals surface area contributed by atoms with E-state index in [1.807, 2.05) is 20.8 Å².